The van der Waals surface area contributed by atoms with Gasteiger partial charge < -0.3 is 24.4 Å². The fraction of sp³-hybridized carbons (Fsp3) is 0.851. The van der Waals surface area contributed by atoms with Crippen LogP contribution >= 0.6 is 0 Å². The highest BCUT2D eigenvalue weighted by Crippen LogP contribution is 2.40. The summed E-state index contributed by atoms with van der Waals surface area (Å²) in [7, 11) is 4.04. The third kappa shape index (κ3) is 29.1. The maximum atomic E-state index is 13.3. The number of likely N-dealkylation sites (N-methyl/N-ethyl adjacent to an activating group) is 1. The fourth-order valence-corrected chi connectivity index (χ4v) is 6.87. The third-order valence-corrected chi connectivity index (χ3v) is 10.4. The van der Waals surface area contributed by atoms with Crippen molar-refractivity contribution < 1.29 is 19.0 Å². The monoisotopic (exact) mass is 745 g/mol. The number of carbonyl (C=O) groups is 1. The van der Waals surface area contributed by atoms with Crippen LogP contribution in [0.5, 0.6) is 17.2 Å². The minimum atomic E-state index is -0.0966. The summed E-state index contributed by atoms with van der Waals surface area (Å²) in [5.41, 5.74) is 0.575. The molecule has 0 saturated heterocycles. The van der Waals surface area contributed by atoms with E-state index in [9.17, 15) is 4.79 Å². The topological polar surface area (TPSA) is 60.0 Å². The molecule has 0 saturated carbocycles. The predicted octanol–water partition coefficient (Wildman–Crippen LogP) is 13.9. The summed E-state index contributed by atoms with van der Waals surface area (Å²) in [6.07, 6.45) is 38.6. The zero-order valence-electron chi connectivity index (χ0n) is 36.0. The molecule has 0 heterocycles. The first kappa shape index (κ1) is 49.1. The highest BCUT2D eigenvalue weighted by Gasteiger charge is 2.19. The molecule has 53 heavy (non-hydrogen) atoms. The predicted molar refractivity (Wildman–Crippen MR) is 229 cm³/mol. The van der Waals surface area contributed by atoms with Crippen LogP contribution in [0.1, 0.15) is 224 Å². The van der Waals surface area contributed by atoms with Crippen LogP contribution in [0.3, 0.4) is 0 Å². The lowest BCUT2D eigenvalue weighted by molar-refractivity contribution is 0.0949. The number of carbonyl (C=O) groups excluding carboxylic acids is 1. The lowest BCUT2D eigenvalue weighted by Crippen LogP contribution is -2.31. The smallest absolute Gasteiger partial charge is 0.251 e. The Hall–Kier alpha value is -1.95. The van der Waals surface area contributed by atoms with Crippen LogP contribution in [0.25, 0.3) is 0 Å². The average Bonchev–Trinajstić information content (AvgIpc) is 3.15. The van der Waals surface area contributed by atoms with Crippen molar-refractivity contribution in [1.82, 2.24) is 10.2 Å². The van der Waals surface area contributed by atoms with Gasteiger partial charge in [-0.1, -0.05) is 194 Å². The molecular formula is C47H88N2O4. The highest BCUT2D eigenvalue weighted by molar-refractivity contribution is 5.95. The number of unbranched alkanes of at least 4 members (excludes halogenated alkanes) is 27. The van der Waals surface area contributed by atoms with Gasteiger partial charge in [-0.15, -0.1) is 0 Å². The number of nitrogens with one attached hydrogen (secondary N) is 1. The van der Waals surface area contributed by atoms with Gasteiger partial charge in [0.2, 0.25) is 5.75 Å². The molecule has 1 aromatic rings. The largest absolute Gasteiger partial charge is 0.490 e. The Morgan fingerprint density at radius 1 is 0.472 bits per heavy atom. The molecule has 1 N–H and O–H groups in total. The third-order valence-electron chi connectivity index (χ3n) is 10.4. The summed E-state index contributed by atoms with van der Waals surface area (Å²) in [4.78, 5) is 15.4. The maximum Gasteiger partial charge on any atom is 0.251 e. The second kappa shape index (κ2) is 37.0. The normalized spacial score (nSPS) is 11.4. The molecule has 1 aromatic carbocycles. The molecule has 1 rings (SSSR count). The number of nitrogens with zero attached hydrogens (tertiary/aromatic N) is 1. The first-order valence-electron chi connectivity index (χ1n) is 23.0. The summed E-state index contributed by atoms with van der Waals surface area (Å²) in [5.74, 6) is 1.86. The van der Waals surface area contributed by atoms with Crippen molar-refractivity contribution in [2.45, 2.75) is 213 Å². The molecule has 0 fully saturated rings. The summed E-state index contributed by atoms with van der Waals surface area (Å²) >= 11 is 0. The number of ether oxygens (including phenoxy) is 3. The first-order chi connectivity index (χ1) is 26.0. The Kier molecular flexibility index (Phi) is 34.3. The van der Waals surface area contributed by atoms with Gasteiger partial charge in [0.05, 0.1) is 19.8 Å². The summed E-state index contributed by atoms with van der Waals surface area (Å²) in [6, 6.07) is 3.76. The molecule has 1 amide bonds. The van der Waals surface area contributed by atoms with E-state index in [1.54, 1.807) is 0 Å². The molecule has 6 nitrogen and oxygen atoms in total. The Bertz CT molecular complexity index is 905. The standard InChI is InChI=1S/C47H88N2O4/c1-6-9-12-15-18-21-24-27-30-33-38-51-44-41-43(47(50)48-36-37-49(4)5)42-45(52-39-34-31-28-25-22-19-16-13-10-7-2)46(44)53-40-35-32-29-26-23-20-17-14-11-8-3/h41-42H,6-40H2,1-5H3,(H,48,50). The van der Waals surface area contributed by atoms with Gasteiger partial charge in [-0.2, -0.15) is 0 Å². The Balaban J connectivity index is 2.83. The highest BCUT2D eigenvalue weighted by atomic mass is 16.5. The second-order valence-corrected chi connectivity index (χ2v) is 16.0. The summed E-state index contributed by atoms with van der Waals surface area (Å²) in [6.45, 7) is 10.1. The number of hydrogen-bond donors (Lipinski definition) is 1. The molecule has 0 unspecified atom stereocenters. The molecule has 0 spiro atoms. The van der Waals surface area contributed by atoms with Crippen LogP contribution in [0.4, 0.5) is 0 Å². The summed E-state index contributed by atoms with van der Waals surface area (Å²) in [5, 5.41) is 3.09. The quantitative estimate of drug-likeness (QED) is 0.0678. The molecule has 310 valence electrons. The van der Waals surface area contributed by atoms with Gasteiger partial charge in [-0.3, -0.25) is 4.79 Å². The van der Waals surface area contributed by atoms with Gasteiger partial charge in [-0.25, -0.2) is 0 Å². The Morgan fingerprint density at radius 3 is 1.09 bits per heavy atom. The maximum absolute atomic E-state index is 13.3. The van der Waals surface area contributed by atoms with Crippen LogP contribution in [-0.4, -0.2) is 57.8 Å². The lowest BCUT2D eigenvalue weighted by Gasteiger charge is -2.19. The molecule has 0 aliphatic rings. The molecule has 0 bridgehead atoms. The van der Waals surface area contributed by atoms with E-state index < -0.39 is 0 Å². The van der Waals surface area contributed by atoms with Crippen molar-refractivity contribution in [2.75, 3.05) is 47.0 Å². The van der Waals surface area contributed by atoms with E-state index in [2.05, 4.69) is 31.0 Å². The Labute approximate surface area is 329 Å². The van der Waals surface area contributed by atoms with Crippen LogP contribution in [-0.2, 0) is 0 Å². The minimum Gasteiger partial charge on any atom is -0.490 e. The summed E-state index contributed by atoms with van der Waals surface area (Å²) < 4.78 is 19.4. The zero-order valence-corrected chi connectivity index (χ0v) is 36.0. The zero-order chi connectivity index (χ0) is 38.5. The molecule has 0 radical (unpaired) electrons. The molecule has 0 aromatic heterocycles. The van der Waals surface area contributed by atoms with Crippen molar-refractivity contribution in [3.8, 4) is 17.2 Å². The van der Waals surface area contributed by atoms with Gasteiger partial charge in [0.25, 0.3) is 5.91 Å². The number of amides is 1. The Morgan fingerprint density at radius 2 is 0.774 bits per heavy atom. The lowest BCUT2D eigenvalue weighted by atomic mass is 10.1. The fourth-order valence-electron chi connectivity index (χ4n) is 6.87. The van der Waals surface area contributed by atoms with Gasteiger partial charge in [0.1, 0.15) is 0 Å². The van der Waals surface area contributed by atoms with Gasteiger partial charge >= 0.3 is 0 Å². The number of rotatable bonds is 40. The van der Waals surface area contributed by atoms with Gasteiger partial charge in [0, 0.05) is 18.7 Å². The molecule has 6 heteroatoms. The minimum absolute atomic E-state index is 0.0966. The average molecular weight is 745 g/mol. The van der Waals surface area contributed by atoms with E-state index in [0.29, 0.717) is 49.2 Å². The van der Waals surface area contributed by atoms with E-state index in [-0.39, 0.29) is 5.91 Å². The van der Waals surface area contributed by atoms with Crippen molar-refractivity contribution in [1.29, 1.82) is 0 Å². The van der Waals surface area contributed by atoms with E-state index in [1.807, 2.05) is 26.2 Å². The van der Waals surface area contributed by atoms with Crippen molar-refractivity contribution in [3.05, 3.63) is 17.7 Å². The number of hydrogen-bond acceptors (Lipinski definition) is 5. The van der Waals surface area contributed by atoms with Crippen LogP contribution in [0.2, 0.25) is 0 Å². The van der Waals surface area contributed by atoms with Crippen molar-refractivity contribution in [2.24, 2.45) is 0 Å². The van der Waals surface area contributed by atoms with Crippen LogP contribution in [0.15, 0.2) is 12.1 Å². The van der Waals surface area contributed by atoms with Gasteiger partial charge in [-0.05, 0) is 45.5 Å². The first-order valence-corrected chi connectivity index (χ1v) is 23.0. The van der Waals surface area contributed by atoms with Crippen LogP contribution in [0, 0.1) is 0 Å². The van der Waals surface area contributed by atoms with E-state index in [1.165, 1.54) is 161 Å². The van der Waals surface area contributed by atoms with Crippen LogP contribution < -0.4 is 19.5 Å². The molecule has 0 atom stereocenters. The molecule has 0 aliphatic heterocycles. The second-order valence-electron chi connectivity index (χ2n) is 16.0. The van der Waals surface area contributed by atoms with Crippen molar-refractivity contribution >= 4 is 5.91 Å². The van der Waals surface area contributed by atoms with Gasteiger partial charge in [0.15, 0.2) is 11.5 Å². The van der Waals surface area contributed by atoms with E-state index >= 15 is 0 Å². The van der Waals surface area contributed by atoms with Crippen molar-refractivity contribution in [3.63, 3.8) is 0 Å². The van der Waals surface area contributed by atoms with E-state index in [4.69, 9.17) is 14.2 Å². The van der Waals surface area contributed by atoms with E-state index in [0.717, 1.165) is 38.6 Å². The SMILES string of the molecule is CCCCCCCCCCCCOc1cc(C(=O)NCCN(C)C)cc(OCCCCCCCCCCCC)c1OCCCCCCCCCCCC. The number of benzene rings is 1. The molecular weight excluding hydrogens is 657 g/mol. The molecule has 0 aliphatic carbocycles.